The minimum atomic E-state index is -3.77. The first-order valence-corrected chi connectivity index (χ1v) is 13.4. The van der Waals surface area contributed by atoms with Crippen molar-refractivity contribution in [2.45, 2.75) is 50.5 Å². The van der Waals surface area contributed by atoms with E-state index in [9.17, 15) is 13.2 Å². The van der Waals surface area contributed by atoms with E-state index in [0.29, 0.717) is 12.1 Å². The molecule has 8 nitrogen and oxygen atoms in total. The molecular weight excluding hydrogens is 462 g/mol. The van der Waals surface area contributed by atoms with Crippen molar-refractivity contribution in [2.75, 3.05) is 27.6 Å². The largest absolute Gasteiger partial charge is 0.355 e. The minimum Gasteiger partial charge on any atom is -0.355 e. The molecule has 0 bridgehead atoms. The van der Waals surface area contributed by atoms with E-state index in [0.717, 1.165) is 41.4 Å². The van der Waals surface area contributed by atoms with E-state index in [1.54, 1.807) is 35.2 Å². The van der Waals surface area contributed by atoms with Crippen molar-refractivity contribution in [1.29, 1.82) is 0 Å². The number of anilines is 3. The van der Waals surface area contributed by atoms with E-state index in [1.807, 2.05) is 31.2 Å². The van der Waals surface area contributed by atoms with Crippen LogP contribution >= 0.6 is 0 Å². The number of hydrogen-bond donors (Lipinski definition) is 1. The maximum absolute atomic E-state index is 13.0. The van der Waals surface area contributed by atoms with Gasteiger partial charge >= 0.3 is 0 Å². The Morgan fingerprint density at radius 1 is 0.971 bits per heavy atom. The zero-order chi connectivity index (χ0) is 24.6. The number of sulfonamides is 1. The van der Waals surface area contributed by atoms with Crippen molar-refractivity contribution in [1.82, 2.24) is 10.2 Å². The zero-order valence-corrected chi connectivity index (χ0v) is 20.8. The van der Waals surface area contributed by atoms with E-state index in [-0.39, 0.29) is 16.8 Å². The van der Waals surface area contributed by atoms with Crippen LogP contribution in [0.3, 0.4) is 0 Å². The molecule has 35 heavy (non-hydrogen) atoms. The highest BCUT2D eigenvalue weighted by Gasteiger charge is 2.30. The first kappa shape index (κ1) is 23.3. The predicted octanol–water partition coefficient (Wildman–Crippen LogP) is 4.23. The van der Waals surface area contributed by atoms with Gasteiger partial charge in [0.25, 0.3) is 10.0 Å². The number of carbonyl (C=O) groups excluding carboxylic acids is 1. The summed E-state index contributed by atoms with van der Waals surface area (Å²) in [7, 11) is -3.77. The fraction of sp³-hybridized carbons (Fsp3) is 0.346. The number of amides is 1. The number of piperidine rings is 1. The van der Waals surface area contributed by atoms with E-state index in [4.69, 9.17) is 0 Å². The van der Waals surface area contributed by atoms with Crippen molar-refractivity contribution in [3.63, 3.8) is 0 Å². The number of fused-ring (bicyclic) bond motifs is 1. The second-order valence-electron chi connectivity index (χ2n) is 9.24. The first-order chi connectivity index (χ1) is 16.8. The summed E-state index contributed by atoms with van der Waals surface area (Å²) < 4.78 is 28.7. The van der Waals surface area contributed by atoms with E-state index >= 15 is 0 Å². The number of nitrogens with one attached hydrogen (secondary N) is 1. The Hall–Kier alpha value is -3.46. The summed E-state index contributed by atoms with van der Waals surface area (Å²) in [5.74, 6) is 0.851. The summed E-state index contributed by atoms with van der Waals surface area (Å²) >= 11 is 0. The molecule has 0 spiro atoms. The van der Waals surface area contributed by atoms with Gasteiger partial charge in [-0.25, -0.2) is 8.42 Å². The van der Waals surface area contributed by atoms with Crippen molar-refractivity contribution in [3.8, 4) is 11.3 Å². The highest BCUT2D eigenvalue weighted by Crippen LogP contribution is 2.34. The maximum Gasteiger partial charge on any atom is 0.261 e. The summed E-state index contributed by atoms with van der Waals surface area (Å²) in [4.78, 5) is 16.1. The van der Waals surface area contributed by atoms with Crippen LogP contribution in [-0.4, -0.2) is 43.7 Å². The smallest absolute Gasteiger partial charge is 0.261 e. The Morgan fingerprint density at radius 2 is 1.71 bits per heavy atom. The average molecular weight is 492 g/mol. The summed E-state index contributed by atoms with van der Waals surface area (Å²) in [5, 5.41) is 8.77. The molecule has 1 atom stereocenters. The number of carbonyl (C=O) groups is 1. The predicted molar refractivity (Wildman–Crippen MR) is 137 cm³/mol. The van der Waals surface area contributed by atoms with Gasteiger partial charge in [-0.1, -0.05) is 12.1 Å². The Labute approximate surface area is 206 Å². The molecule has 1 fully saturated rings. The molecule has 9 heteroatoms. The summed E-state index contributed by atoms with van der Waals surface area (Å²) in [5.41, 5.74) is 3.70. The molecule has 0 saturated carbocycles. The van der Waals surface area contributed by atoms with Crippen LogP contribution < -0.4 is 14.5 Å². The fourth-order valence-corrected chi connectivity index (χ4v) is 6.06. The molecule has 1 unspecified atom stereocenters. The van der Waals surface area contributed by atoms with Gasteiger partial charge in [-0.2, -0.15) is 0 Å². The van der Waals surface area contributed by atoms with Gasteiger partial charge in [0.15, 0.2) is 5.82 Å². The molecule has 182 valence electrons. The standard InChI is InChI=1S/C26H29N5O3S/c1-18-16-21-17-23(10-12-25(21)31(18)19(2)32)35(33,34)29-22-8-6-20(7-9-22)24-11-13-26(28-27-24)30-14-4-3-5-15-30/h6-13,17-18,29H,3-5,14-16H2,1-2H3. The Morgan fingerprint density at radius 3 is 2.37 bits per heavy atom. The van der Waals surface area contributed by atoms with Crippen LogP contribution in [0.4, 0.5) is 17.2 Å². The summed E-state index contributed by atoms with van der Waals surface area (Å²) in [6, 6.07) is 16.0. The monoisotopic (exact) mass is 491 g/mol. The van der Waals surface area contributed by atoms with Crippen LogP contribution in [0.5, 0.6) is 0 Å². The fourth-order valence-electron chi connectivity index (χ4n) is 4.95. The van der Waals surface area contributed by atoms with Gasteiger partial charge in [0.2, 0.25) is 5.91 Å². The summed E-state index contributed by atoms with van der Waals surface area (Å²) in [6.07, 6.45) is 4.26. The molecule has 2 aliphatic rings. The van der Waals surface area contributed by atoms with Crippen LogP contribution in [0.25, 0.3) is 11.3 Å². The molecule has 1 aromatic heterocycles. The molecule has 2 aromatic carbocycles. The third kappa shape index (κ3) is 4.73. The molecule has 2 aliphatic heterocycles. The van der Waals surface area contributed by atoms with Crippen molar-refractivity contribution >= 4 is 33.1 Å². The second-order valence-corrected chi connectivity index (χ2v) is 10.9. The van der Waals surface area contributed by atoms with Gasteiger partial charge in [0.1, 0.15) is 0 Å². The van der Waals surface area contributed by atoms with E-state index in [2.05, 4.69) is 19.8 Å². The molecule has 1 N–H and O–H groups in total. The minimum absolute atomic E-state index is 0.0120. The molecule has 3 heterocycles. The van der Waals surface area contributed by atoms with Gasteiger partial charge in [-0.05, 0) is 80.6 Å². The molecule has 0 radical (unpaired) electrons. The van der Waals surface area contributed by atoms with Crippen LogP contribution in [0.2, 0.25) is 0 Å². The third-order valence-electron chi connectivity index (χ3n) is 6.68. The summed E-state index contributed by atoms with van der Waals surface area (Å²) in [6.45, 7) is 5.51. The van der Waals surface area contributed by atoms with Gasteiger partial charge < -0.3 is 9.80 Å². The van der Waals surface area contributed by atoms with E-state index in [1.165, 1.54) is 26.2 Å². The number of benzene rings is 2. The van der Waals surface area contributed by atoms with Crippen molar-refractivity contribution in [2.24, 2.45) is 0 Å². The highest BCUT2D eigenvalue weighted by molar-refractivity contribution is 7.92. The molecule has 1 amide bonds. The maximum atomic E-state index is 13.0. The first-order valence-electron chi connectivity index (χ1n) is 12.0. The lowest BCUT2D eigenvalue weighted by Crippen LogP contribution is -2.33. The lowest BCUT2D eigenvalue weighted by atomic mass is 10.1. The number of hydrogen-bond acceptors (Lipinski definition) is 6. The van der Waals surface area contributed by atoms with Gasteiger partial charge in [-0.15, -0.1) is 10.2 Å². The van der Waals surface area contributed by atoms with Crippen molar-refractivity contribution < 1.29 is 13.2 Å². The Bertz CT molecular complexity index is 1330. The third-order valence-corrected chi connectivity index (χ3v) is 8.06. The van der Waals surface area contributed by atoms with Gasteiger partial charge in [0.05, 0.1) is 10.6 Å². The zero-order valence-electron chi connectivity index (χ0n) is 19.9. The van der Waals surface area contributed by atoms with Crippen molar-refractivity contribution in [3.05, 3.63) is 60.2 Å². The van der Waals surface area contributed by atoms with Crippen LogP contribution in [0, 0.1) is 0 Å². The quantitative estimate of drug-likeness (QED) is 0.574. The number of nitrogens with zero attached hydrogens (tertiary/aromatic N) is 4. The van der Waals surface area contributed by atoms with Gasteiger partial charge in [-0.3, -0.25) is 9.52 Å². The van der Waals surface area contributed by atoms with Crippen LogP contribution in [0.1, 0.15) is 38.7 Å². The lowest BCUT2D eigenvalue weighted by molar-refractivity contribution is -0.116. The number of aromatic nitrogens is 2. The SMILES string of the molecule is CC(=O)N1c2ccc(S(=O)(=O)Nc3ccc(-c4ccc(N5CCCCC5)nn4)cc3)cc2CC1C. The second kappa shape index (κ2) is 9.30. The lowest BCUT2D eigenvalue weighted by Gasteiger charge is -2.27. The molecule has 0 aliphatic carbocycles. The normalized spacial score (nSPS) is 17.8. The molecule has 3 aromatic rings. The highest BCUT2D eigenvalue weighted by atomic mass is 32.2. The Kier molecular flexibility index (Phi) is 6.19. The topological polar surface area (TPSA) is 95.5 Å². The molecular formula is C26H29N5O3S. The van der Waals surface area contributed by atoms with E-state index < -0.39 is 10.0 Å². The Balaban J connectivity index is 1.30. The van der Waals surface area contributed by atoms with Crippen LogP contribution in [0.15, 0.2) is 59.5 Å². The average Bonchev–Trinajstić information content (AvgIpc) is 3.20. The molecule has 1 saturated heterocycles. The van der Waals surface area contributed by atoms with Gasteiger partial charge in [0, 0.05) is 43.0 Å². The van der Waals surface area contributed by atoms with Crippen LogP contribution in [-0.2, 0) is 21.2 Å². The number of rotatable bonds is 5. The molecule has 5 rings (SSSR count).